The van der Waals surface area contributed by atoms with Crippen molar-refractivity contribution < 1.29 is 18.0 Å². The van der Waals surface area contributed by atoms with E-state index in [1.165, 1.54) is 0 Å². The Labute approximate surface area is 122 Å². The van der Waals surface area contributed by atoms with Crippen LogP contribution in [-0.2, 0) is 11.2 Å². The monoisotopic (exact) mass is 302 g/mol. The number of carbonyl (C=O) groups is 1. The van der Waals surface area contributed by atoms with Crippen molar-refractivity contribution in [3.05, 3.63) is 29.8 Å². The molecule has 21 heavy (non-hydrogen) atoms. The van der Waals surface area contributed by atoms with E-state index < -0.39 is 18.1 Å². The molecule has 0 aliphatic heterocycles. The molecule has 0 saturated heterocycles. The van der Waals surface area contributed by atoms with Crippen LogP contribution in [-0.4, -0.2) is 17.6 Å². The number of amides is 1. The molecule has 0 radical (unpaired) electrons. The highest BCUT2D eigenvalue weighted by molar-refractivity contribution is 5.97. The lowest BCUT2D eigenvalue weighted by Crippen LogP contribution is -2.48. The van der Waals surface area contributed by atoms with E-state index in [1.807, 2.05) is 6.92 Å². The molecular weight excluding hydrogens is 281 g/mol. The number of nitrogens with one attached hydrogen (secondary N) is 1. The summed E-state index contributed by atoms with van der Waals surface area (Å²) in [4.78, 5) is 12.0. The average Bonchev–Trinajstić information content (AvgIpc) is 2.37. The number of hydrogen-bond acceptors (Lipinski definition) is 2. The lowest BCUT2D eigenvalue weighted by molar-refractivity contribution is -0.134. The number of carbonyl (C=O) groups excluding carboxylic acids is 1. The van der Waals surface area contributed by atoms with Crippen molar-refractivity contribution in [1.82, 2.24) is 0 Å². The minimum atomic E-state index is -4.16. The molecule has 1 amide bonds. The average molecular weight is 302 g/mol. The molecule has 0 aliphatic carbocycles. The molecule has 1 atom stereocenters. The van der Waals surface area contributed by atoms with Crippen LogP contribution in [0.2, 0.25) is 0 Å². The van der Waals surface area contributed by atoms with Crippen molar-refractivity contribution >= 4 is 11.6 Å². The van der Waals surface area contributed by atoms with Crippen LogP contribution in [0.25, 0.3) is 0 Å². The molecule has 0 fully saturated rings. The third kappa shape index (κ3) is 6.16. The van der Waals surface area contributed by atoms with Gasteiger partial charge in [-0.3, -0.25) is 4.79 Å². The Kier molecular flexibility index (Phi) is 5.78. The highest BCUT2D eigenvalue weighted by Gasteiger charge is 2.27. The summed E-state index contributed by atoms with van der Waals surface area (Å²) in [5.41, 5.74) is 6.06. The first-order valence-electron chi connectivity index (χ1n) is 6.90. The molecule has 0 spiro atoms. The Bertz CT molecular complexity index is 467. The van der Waals surface area contributed by atoms with Gasteiger partial charge in [-0.25, -0.2) is 0 Å². The number of hydrogen-bond donors (Lipinski definition) is 2. The van der Waals surface area contributed by atoms with Gasteiger partial charge in [0.15, 0.2) is 0 Å². The maximum Gasteiger partial charge on any atom is 0.389 e. The number of anilines is 1. The van der Waals surface area contributed by atoms with Gasteiger partial charge in [0.1, 0.15) is 0 Å². The zero-order valence-corrected chi connectivity index (χ0v) is 12.3. The Balaban J connectivity index is 2.61. The molecule has 3 N–H and O–H groups in total. The Morgan fingerprint density at radius 3 is 2.24 bits per heavy atom. The van der Waals surface area contributed by atoms with Gasteiger partial charge in [0.05, 0.1) is 5.54 Å². The molecule has 3 nitrogen and oxygen atoms in total. The maximum atomic E-state index is 12.1. The summed E-state index contributed by atoms with van der Waals surface area (Å²) in [6, 6.07) is 6.33. The first-order chi connectivity index (χ1) is 9.64. The largest absolute Gasteiger partial charge is 0.389 e. The molecule has 0 heterocycles. The zero-order valence-electron chi connectivity index (χ0n) is 12.3. The molecule has 1 rings (SSSR count). The van der Waals surface area contributed by atoms with E-state index in [0.29, 0.717) is 17.7 Å². The number of rotatable bonds is 6. The minimum absolute atomic E-state index is 0.0673. The number of benzene rings is 1. The van der Waals surface area contributed by atoms with Gasteiger partial charge in [-0.1, -0.05) is 25.5 Å². The predicted octanol–water partition coefficient (Wildman–Crippen LogP) is 3.64. The van der Waals surface area contributed by atoms with Crippen molar-refractivity contribution in [2.24, 2.45) is 5.73 Å². The van der Waals surface area contributed by atoms with E-state index >= 15 is 0 Å². The van der Waals surface area contributed by atoms with Gasteiger partial charge in [-0.05, 0) is 37.5 Å². The number of alkyl halides is 3. The Hall–Kier alpha value is -1.56. The van der Waals surface area contributed by atoms with Crippen LogP contribution in [0.1, 0.15) is 38.7 Å². The molecule has 0 saturated carbocycles. The Morgan fingerprint density at radius 1 is 1.19 bits per heavy atom. The van der Waals surface area contributed by atoms with Gasteiger partial charge in [0.2, 0.25) is 5.91 Å². The van der Waals surface area contributed by atoms with Crippen LogP contribution in [0.5, 0.6) is 0 Å². The van der Waals surface area contributed by atoms with Crippen LogP contribution in [0.15, 0.2) is 24.3 Å². The smallest absolute Gasteiger partial charge is 0.325 e. The van der Waals surface area contributed by atoms with Crippen molar-refractivity contribution in [2.75, 3.05) is 5.32 Å². The van der Waals surface area contributed by atoms with Gasteiger partial charge in [0, 0.05) is 12.1 Å². The molecule has 6 heteroatoms. The second-order valence-corrected chi connectivity index (χ2v) is 5.43. The summed E-state index contributed by atoms with van der Waals surface area (Å²) in [7, 11) is 0. The fourth-order valence-electron chi connectivity index (χ4n) is 1.95. The molecule has 0 aliphatic rings. The van der Waals surface area contributed by atoms with Crippen molar-refractivity contribution in [1.29, 1.82) is 0 Å². The topological polar surface area (TPSA) is 55.1 Å². The van der Waals surface area contributed by atoms with E-state index in [4.69, 9.17) is 5.73 Å². The lowest BCUT2D eigenvalue weighted by atomic mass is 9.96. The van der Waals surface area contributed by atoms with E-state index in [1.54, 1.807) is 31.2 Å². The minimum Gasteiger partial charge on any atom is -0.325 e. The third-order valence-electron chi connectivity index (χ3n) is 3.20. The highest BCUT2D eigenvalue weighted by Crippen LogP contribution is 2.23. The van der Waals surface area contributed by atoms with E-state index in [9.17, 15) is 18.0 Å². The van der Waals surface area contributed by atoms with Crippen molar-refractivity contribution in [2.45, 2.75) is 51.2 Å². The van der Waals surface area contributed by atoms with Gasteiger partial charge in [-0.2, -0.15) is 13.2 Å². The van der Waals surface area contributed by atoms with Gasteiger partial charge < -0.3 is 11.1 Å². The second kappa shape index (κ2) is 6.93. The quantitative estimate of drug-likeness (QED) is 0.843. The van der Waals surface area contributed by atoms with Gasteiger partial charge in [0.25, 0.3) is 0 Å². The molecule has 1 unspecified atom stereocenters. The predicted molar refractivity (Wildman–Crippen MR) is 76.9 cm³/mol. The maximum absolute atomic E-state index is 12.1. The molecule has 1 aromatic carbocycles. The van der Waals surface area contributed by atoms with Crippen LogP contribution in [0, 0.1) is 0 Å². The normalized spacial score (nSPS) is 14.6. The molecular formula is C15H21F3N2O. The van der Waals surface area contributed by atoms with Gasteiger partial charge in [-0.15, -0.1) is 0 Å². The second-order valence-electron chi connectivity index (χ2n) is 5.43. The zero-order chi connectivity index (χ0) is 16.1. The fourth-order valence-corrected chi connectivity index (χ4v) is 1.95. The molecule has 118 valence electrons. The summed E-state index contributed by atoms with van der Waals surface area (Å²) in [6.45, 7) is 3.59. The van der Waals surface area contributed by atoms with Gasteiger partial charge >= 0.3 is 6.18 Å². The van der Waals surface area contributed by atoms with Crippen LogP contribution >= 0.6 is 0 Å². The first kappa shape index (κ1) is 17.5. The summed E-state index contributed by atoms with van der Waals surface area (Å²) in [5.74, 6) is -0.299. The van der Waals surface area contributed by atoms with Crippen molar-refractivity contribution in [3.8, 4) is 0 Å². The van der Waals surface area contributed by atoms with E-state index in [0.717, 1.165) is 6.42 Å². The summed E-state index contributed by atoms with van der Waals surface area (Å²) in [6.07, 6.45) is -3.73. The summed E-state index contributed by atoms with van der Waals surface area (Å²) < 4.78 is 36.4. The summed E-state index contributed by atoms with van der Waals surface area (Å²) >= 11 is 0. The fraction of sp³-hybridized carbons (Fsp3) is 0.533. The number of halogens is 3. The summed E-state index contributed by atoms with van der Waals surface area (Å²) in [5, 5.41) is 2.68. The lowest BCUT2D eigenvalue weighted by Gasteiger charge is -2.22. The SMILES string of the molecule is CCCC(C)(N)C(=O)Nc1ccc(CCC(F)(F)F)cc1. The standard InChI is InChI=1S/C15H21F3N2O/c1-3-9-14(2,19)13(21)20-12-6-4-11(5-7-12)8-10-15(16,17)18/h4-7H,3,8-10,19H2,1-2H3,(H,20,21). The molecule has 0 aromatic heterocycles. The van der Waals surface area contributed by atoms with Crippen molar-refractivity contribution in [3.63, 3.8) is 0 Å². The Morgan fingerprint density at radius 2 is 1.76 bits per heavy atom. The van der Waals surface area contributed by atoms with Crippen LogP contribution in [0.3, 0.4) is 0 Å². The first-order valence-corrected chi connectivity index (χ1v) is 6.90. The highest BCUT2D eigenvalue weighted by atomic mass is 19.4. The van der Waals surface area contributed by atoms with Crippen LogP contribution in [0.4, 0.5) is 18.9 Å². The van der Waals surface area contributed by atoms with E-state index in [-0.39, 0.29) is 12.3 Å². The van der Waals surface area contributed by atoms with E-state index in [2.05, 4.69) is 5.32 Å². The number of nitrogens with two attached hydrogens (primary N) is 1. The van der Waals surface area contributed by atoms with Crippen LogP contribution < -0.4 is 11.1 Å². The number of aryl methyl sites for hydroxylation is 1. The molecule has 1 aromatic rings. The molecule has 0 bridgehead atoms. The third-order valence-corrected chi connectivity index (χ3v) is 3.20.